The van der Waals surface area contributed by atoms with Crippen LogP contribution in [0.4, 0.5) is 0 Å². The Balaban J connectivity index is 4.48. The summed E-state index contributed by atoms with van der Waals surface area (Å²) < 4.78 is 0. The Labute approximate surface area is 80.9 Å². The maximum atomic E-state index is 11.1. The standard InChI is InChI=1S/C10H22N2O/c1-7(13)8(11)9(2,3)6-10(4,5)12/h8H,6,11-12H2,1-5H3/t8-/m1/s1. The van der Waals surface area contributed by atoms with Crippen molar-refractivity contribution in [2.24, 2.45) is 16.9 Å². The van der Waals surface area contributed by atoms with E-state index < -0.39 is 6.04 Å². The third-order valence-electron chi connectivity index (χ3n) is 2.19. The van der Waals surface area contributed by atoms with Crippen molar-refractivity contribution in [3.8, 4) is 0 Å². The van der Waals surface area contributed by atoms with Crippen molar-refractivity contribution in [2.45, 2.75) is 52.6 Å². The summed E-state index contributed by atoms with van der Waals surface area (Å²) in [5.41, 5.74) is 11.2. The van der Waals surface area contributed by atoms with Crippen molar-refractivity contribution in [2.75, 3.05) is 0 Å². The number of hydrogen-bond acceptors (Lipinski definition) is 3. The van der Waals surface area contributed by atoms with Gasteiger partial charge in [-0.15, -0.1) is 0 Å². The van der Waals surface area contributed by atoms with Gasteiger partial charge in [-0.05, 0) is 32.6 Å². The van der Waals surface area contributed by atoms with E-state index in [4.69, 9.17) is 11.5 Å². The summed E-state index contributed by atoms with van der Waals surface area (Å²) in [6, 6.07) is -0.421. The van der Waals surface area contributed by atoms with Crippen LogP contribution in [-0.4, -0.2) is 17.4 Å². The maximum absolute atomic E-state index is 11.1. The topological polar surface area (TPSA) is 69.1 Å². The molecule has 3 heteroatoms. The Hall–Kier alpha value is -0.410. The molecule has 0 rings (SSSR count). The van der Waals surface area contributed by atoms with E-state index in [1.54, 1.807) is 0 Å². The second kappa shape index (κ2) is 3.76. The molecule has 13 heavy (non-hydrogen) atoms. The van der Waals surface area contributed by atoms with E-state index in [-0.39, 0.29) is 16.7 Å². The van der Waals surface area contributed by atoms with Crippen molar-refractivity contribution >= 4 is 5.78 Å². The van der Waals surface area contributed by atoms with Gasteiger partial charge in [-0.1, -0.05) is 13.8 Å². The van der Waals surface area contributed by atoms with Crippen molar-refractivity contribution in [3.63, 3.8) is 0 Å². The number of carbonyl (C=O) groups is 1. The van der Waals surface area contributed by atoms with Crippen molar-refractivity contribution in [1.29, 1.82) is 0 Å². The molecule has 0 aromatic carbocycles. The summed E-state index contributed by atoms with van der Waals surface area (Å²) in [6.45, 7) is 9.38. The van der Waals surface area contributed by atoms with Crippen LogP contribution in [-0.2, 0) is 4.79 Å². The molecular formula is C10H22N2O. The molecule has 0 aliphatic carbocycles. The molecule has 4 N–H and O–H groups in total. The first kappa shape index (κ1) is 12.6. The molecule has 0 aromatic rings. The molecule has 3 nitrogen and oxygen atoms in total. The fraction of sp³-hybridized carbons (Fsp3) is 0.900. The normalized spacial score (nSPS) is 15.6. The predicted octanol–water partition coefficient (Wildman–Crippen LogP) is 1.06. The van der Waals surface area contributed by atoms with Crippen LogP contribution in [0.1, 0.15) is 41.0 Å². The van der Waals surface area contributed by atoms with Gasteiger partial charge >= 0.3 is 0 Å². The van der Waals surface area contributed by atoms with Crippen molar-refractivity contribution in [1.82, 2.24) is 0 Å². The van der Waals surface area contributed by atoms with Crippen LogP contribution < -0.4 is 11.5 Å². The molecule has 0 bridgehead atoms. The smallest absolute Gasteiger partial charge is 0.147 e. The van der Waals surface area contributed by atoms with Gasteiger partial charge in [0, 0.05) is 5.54 Å². The summed E-state index contributed by atoms with van der Waals surface area (Å²) >= 11 is 0. The van der Waals surface area contributed by atoms with E-state index in [1.807, 2.05) is 27.7 Å². The molecule has 0 aliphatic rings. The number of rotatable bonds is 4. The molecule has 0 spiro atoms. The molecular weight excluding hydrogens is 164 g/mol. The molecule has 0 aromatic heterocycles. The summed E-state index contributed by atoms with van der Waals surface area (Å²) in [5.74, 6) is 0.0225. The number of ketones is 1. The van der Waals surface area contributed by atoms with Gasteiger partial charge < -0.3 is 11.5 Å². The number of nitrogens with two attached hydrogens (primary N) is 2. The van der Waals surface area contributed by atoms with Crippen LogP contribution in [0.15, 0.2) is 0 Å². The predicted molar refractivity (Wildman–Crippen MR) is 55.3 cm³/mol. The molecule has 0 amide bonds. The lowest BCUT2D eigenvalue weighted by molar-refractivity contribution is -0.120. The van der Waals surface area contributed by atoms with E-state index in [0.717, 1.165) is 6.42 Å². The van der Waals surface area contributed by atoms with Crippen molar-refractivity contribution < 1.29 is 4.79 Å². The van der Waals surface area contributed by atoms with Gasteiger partial charge in [-0.25, -0.2) is 0 Å². The molecule has 0 heterocycles. The van der Waals surface area contributed by atoms with E-state index in [1.165, 1.54) is 6.92 Å². The monoisotopic (exact) mass is 186 g/mol. The first-order chi connectivity index (χ1) is 5.56. The molecule has 0 unspecified atom stereocenters. The van der Waals surface area contributed by atoms with E-state index >= 15 is 0 Å². The molecule has 0 saturated carbocycles. The van der Waals surface area contributed by atoms with Crippen LogP contribution in [0.3, 0.4) is 0 Å². The van der Waals surface area contributed by atoms with Gasteiger partial charge in [-0.2, -0.15) is 0 Å². The van der Waals surface area contributed by atoms with Crippen LogP contribution >= 0.6 is 0 Å². The highest BCUT2D eigenvalue weighted by atomic mass is 16.1. The molecule has 0 fully saturated rings. The van der Waals surface area contributed by atoms with E-state index in [9.17, 15) is 4.79 Å². The third-order valence-corrected chi connectivity index (χ3v) is 2.19. The lowest BCUT2D eigenvalue weighted by Gasteiger charge is -2.35. The Bertz CT molecular complexity index is 192. The molecule has 0 aliphatic heterocycles. The Morgan fingerprint density at radius 2 is 1.69 bits per heavy atom. The zero-order valence-corrected chi connectivity index (χ0v) is 9.35. The van der Waals surface area contributed by atoms with Crippen LogP contribution in [0.5, 0.6) is 0 Å². The summed E-state index contributed by atoms with van der Waals surface area (Å²) in [4.78, 5) is 11.1. The van der Waals surface area contributed by atoms with Gasteiger partial charge in [0.25, 0.3) is 0 Å². The highest BCUT2D eigenvalue weighted by molar-refractivity contribution is 5.82. The summed E-state index contributed by atoms with van der Waals surface area (Å²) in [6.07, 6.45) is 0.737. The van der Waals surface area contributed by atoms with Crippen LogP contribution in [0.2, 0.25) is 0 Å². The zero-order valence-electron chi connectivity index (χ0n) is 9.35. The number of Topliss-reactive ketones (excluding diaryl/α,β-unsaturated/α-hetero) is 1. The molecule has 0 saturated heterocycles. The van der Waals surface area contributed by atoms with E-state index in [0.29, 0.717) is 0 Å². The first-order valence-corrected chi connectivity index (χ1v) is 4.61. The number of carbonyl (C=O) groups excluding carboxylic acids is 1. The minimum atomic E-state index is -0.421. The molecule has 78 valence electrons. The largest absolute Gasteiger partial charge is 0.326 e. The van der Waals surface area contributed by atoms with E-state index in [2.05, 4.69) is 0 Å². The summed E-state index contributed by atoms with van der Waals surface area (Å²) in [7, 11) is 0. The first-order valence-electron chi connectivity index (χ1n) is 4.61. The Morgan fingerprint density at radius 3 is 1.92 bits per heavy atom. The van der Waals surface area contributed by atoms with Crippen LogP contribution in [0.25, 0.3) is 0 Å². The minimum absolute atomic E-state index is 0.0225. The number of hydrogen-bond donors (Lipinski definition) is 2. The second-order valence-electron chi connectivity index (χ2n) is 5.24. The van der Waals surface area contributed by atoms with Crippen LogP contribution in [0, 0.1) is 5.41 Å². The highest BCUT2D eigenvalue weighted by Gasteiger charge is 2.33. The molecule has 0 radical (unpaired) electrons. The lowest BCUT2D eigenvalue weighted by atomic mass is 9.74. The molecule has 1 atom stereocenters. The van der Waals surface area contributed by atoms with Gasteiger partial charge in [0.2, 0.25) is 0 Å². The average molecular weight is 186 g/mol. The maximum Gasteiger partial charge on any atom is 0.147 e. The Morgan fingerprint density at radius 1 is 1.31 bits per heavy atom. The summed E-state index contributed by atoms with van der Waals surface area (Å²) in [5, 5.41) is 0. The lowest BCUT2D eigenvalue weighted by Crippen LogP contribution is -2.48. The fourth-order valence-corrected chi connectivity index (χ4v) is 1.83. The quantitative estimate of drug-likeness (QED) is 0.689. The highest BCUT2D eigenvalue weighted by Crippen LogP contribution is 2.29. The second-order valence-corrected chi connectivity index (χ2v) is 5.24. The zero-order chi connectivity index (χ0) is 10.9. The Kier molecular flexibility index (Phi) is 3.64. The van der Waals surface area contributed by atoms with Gasteiger partial charge in [0.15, 0.2) is 0 Å². The van der Waals surface area contributed by atoms with Gasteiger partial charge in [0.05, 0.1) is 6.04 Å². The minimum Gasteiger partial charge on any atom is -0.326 e. The average Bonchev–Trinajstić information content (AvgIpc) is 1.80. The third kappa shape index (κ3) is 4.39. The SMILES string of the molecule is CC(=O)[C@@H](N)C(C)(C)CC(C)(C)N. The fourth-order valence-electron chi connectivity index (χ4n) is 1.83. The van der Waals surface area contributed by atoms with Gasteiger partial charge in [-0.3, -0.25) is 4.79 Å². The van der Waals surface area contributed by atoms with Gasteiger partial charge in [0.1, 0.15) is 5.78 Å². The van der Waals surface area contributed by atoms with Crippen molar-refractivity contribution in [3.05, 3.63) is 0 Å².